The average molecular weight is 474 g/mol. The van der Waals surface area contributed by atoms with E-state index in [9.17, 15) is 9.59 Å². The van der Waals surface area contributed by atoms with E-state index in [1.165, 1.54) is 45.2 Å². The Labute approximate surface area is 185 Å². The highest BCUT2D eigenvalue weighted by molar-refractivity contribution is 9.10. The van der Waals surface area contributed by atoms with Crippen molar-refractivity contribution in [3.63, 3.8) is 0 Å². The summed E-state index contributed by atoms with van der Waals surface area (Å²) in [7, 11) is 0. The normalized spacial score (nSPS) is 21.6. The van der Waals surface area contributed by atoms with Crippen LogP contribution in [0.2, 0.25) is 0 Å². The van der Waals surface area contributed by atoms with Crippen molar-refractivity contribution in [3.8, 4) is 0 Å². The molecule has 0 spiro atoms. The lowest BCUT2D eigenvalue weighted by molar-refractivity contribution is -0.116. The fraction of sp³-hybridized carbons (Fsp3) is 0.500. The Morgan fingerprint density at radius 2 is 1.90 bits per heavy atom. The largest absolute Gasteiger partial charge is 0.352 e. The molecule has 8 heteroatoms. The lowest BCUT2D eigenvalue weighted by Gasteiger charge is -2.44. The number of carbonyl (C=O) groups excluding carboxylic acids is 2. The van der Waals surface area contributed by atoms with Crippen molar-refractivity contribution in [1.29, 1.82) is 0 Å². The Kier molecular flexibility index (Phi) is 6.84. The van der Waals surface area contributed by atoms with Crippen molar-refractivity contribution >= 4 is 33.4 Å². The van der Waals surface area contributed by atoms with E-state index >= 15 is 0 Å². The second-order valence-electron chi connectivity index (χ2n) is 8.19. The third-order valence-corrected chi connectivity index (χ3v) is 6.50. The van der Waals surface area contributed by atoms with Crippen molar-refractivity contribution < 1.29 is 9.59 Å². The van der Waals surface area contributed by atoms with Gasteiger partial charge in [0.2, 0.25) is 5.91 Å². The number of aromatic nitrogens is 2. The maximum absolute atomic E-state index is 12.6. The molecule has 0 saturated carbocycles. The van der Waals surface area contributed by atoms with E-state index in [2.05, 4.69) is 36.6 Å². The number of piperidine rings is 2. The average Bonchev–Trinajstić information content (AvgIpc) is 3.16. The molecular weight excluding hydrogens is 446 g/mol. The number of carbonyl (C=O) groups is 2. The van der Waals surface area contributed by atoms with E-state index in [-0.39, 0.29) is 18.4 Å². The molecule has 2 atom stereocenters. The Hall–Kier alpha value is -2.19. The number of benzene rings is 1. The molecule has 2 aliphatic rings. The summed E-state index contributed by atoms with van der Waals surface area (Å²) in [6, 6.07) is 7.65. The van der Waals surface area contributed by atoms with Gasteiger partial charge in [0.05, 0.1) is 10.7 Å². The van der Waals surface area contributed by atoms with Gasteiger partial charge in [0.25, 0.3) is 5.91 Å². The molecule has 2 fully saturated rings. The number of hydrogen-bond donors (Lipinski definition) is 2. The Balaban J connectivity index is 1.27. The van der Waals surface area contributed by atoms with Crippen molar-refractivity contribution in [2.75, 3.05) is 25.0 Å². The van der Waals surface area contributed by atoms with E-state index in [0.29, 0.717) is 23.2 Å². The molecule has 160 valence electrons. The summed E-state index contributed by atoms with van der Waals surface area (Å²) in [5.74, 6) is 0.322. The van der Waals surface area contributed by atoms with Gasteiger partial charge in [-0.1, -0.05) is 6.42 Å². The first-order valence-corrected chi connectivity index (χ1v) is 11.5. The first kappa shape index (κ1) is 21.1. The minimum Gasteiger partial charge on any atom is -0.352 e. The van der Waals surface area contributed by atoms with Gasteiger partial charge in [-0.05, 0) is 84.9 Å². The van der Waals surface area contributed by atoms with Gasteiger partial charge in [-0.15, -0.1) is 0 Å². The number of rotatable bonds is 6. The maximum atomic E-state index is 12.6. The third kappa shape index (κ3) is 5.29. The van der Waals surface area contributed by atoms with Crippen LogP contribution in [0.1, 0.15) is 42.5 Å². The zero-order valence-corrected chi connectivity index (χ0v) is 18.6. The highest BCUT2D eigenvalue weighted by atomic mass is 79.9. The molecule has 0 unspecified atom stereocenters. The lowest BCUT2D eigenvalue weighted by Crippen LogP contribution is -2.51. The molecule has 2 amide bonds. The van der Waals surface area contributed by atoms with E-state index in [1.54, 1.807) is 41.3 Å². The Morgan fingerprint density at radius 3 is 2.67 bits per heavy atom. The third-order valence-electron chi connectivity index (χ3n) is 6.09. The van der Waals surface area contributed by atoms with Crippen molar-refractivity contribution in [1.82, 2.24) is 20.0 Å². The predicted octanol–water partition coefficient (Wildman–Crippen LogP) is 3.28. The summed E-state index contributed by atoms with van der Waals surface area (Å²) in [4.78, 5) is 27.3. The molecule has 7 nitrogen and oxygen atoms in total. The van der Waals surface area contributed by atoms with Crippen LogP contribution in [0.4, 0.5) is 5.69 Å². The number of anilines is 1. The van der Waals surface area contributed by atoms with Gasteiger partial charge in [-0.2, -0.15) is 5.10 Å². The Morgan fingerprint density at radius 1 is 1.10 bits per heavy atom. The van der Waals surface area contributed by atoms with Crippen molar-refractivity contribution in [2.24, 2.45) is 5.92 Å². The number of nitrogens with zero attached hydrogens (tertiary/aromatic N) is 3. The SMILES string of the molecule is O=C(Cn1cc(Br)cn1)Nc1ccc(C(=O)NC[C@@H]2CCCN3CCCC[C@H]23)cc1. The number of fused-ring (bicyclic) bond motifs is 1. The van der Waals surface area contributed by atoms with E-state index in [4.69, 9.17) is 0 Å². The standard InChI is InChI=1S/C22H28BrN5O2/c23-18-13-25-28(14-18)15-21(29)26-19-8-6-16(7-9-19)22(30)24-12-17-4-3-11-27-10-2-1-5-20(17)27/h6-9,13-14,17,20H,1-5,10-12,15H2,(H,24,30)(H,26,29)/t17-,20+/m0/s1. The topological polar surface area (TPSA) is 79.3 Å². The fourth-order valence-corrected chi connectivity index (χ4v) is 4.95. The number of hydrogen-bond acceptors (Lipinski definition) is 4. The van der Waals surface area contributed by atoms with Gasteiger partial charge >= 0.3 is 0 Å². The van der Waals surface area contributed by atoms with Crippen LogP contribution in [0.3, 0.4) is 0 Å². The van der Waals surface area contributed by atoms with Crippen LogP contribution in [0.5, 0.6) is 0 Å². The molecule has 3 heterocycles. The van der Waals surface area contributed by atoms with Crippen molar-refractivity contribution in [2.45, 2.75) is 44.7 Å². The van der Waals surface area contributed by atoms with Crippen molar-refractivity contribution in [3.05, 3.63) is 46.7 Å². The van der Waals surface area contributed by atoms with Gasteiger partial charge in [0.1, 0.15) is 6.54 Å². The molecule has 2 aromatic rings. The number of halogens is 1. The van der Waals surface area contributed by atoms with Crippen LogP contribution < -0.4 is 10.6 Å². The number of amides is 2. The smallest absolute Gasteiger partial charge is 0.251 e. The molecule has 30 heavy (non-hydrogen) atoms. The molecule has 1 aromatic heterocycles. The number of nitrogens with one attached hydrogen (secondary N) is 2. The molecule has 0 radical (unpaired) electrons. The van der Waals surface area contributed by atoms with Gasteiger partial charge < -0.3 is 15.5 Å². The molecular formula is C22H28BrN5O2. The summed E-state index contributed by atoms with van der Waals surface area (Å²) >= 11 is 3.31. The van der Waals surface area contributed by atoms with Gasteiger partial charge in [0.15, 0.2) is 0 Å². The van der Waals surface area contributed by atoms with E-state index in [0.717, 1.165) is 11.0 Å². The molecule has 1 aromatic carbocycles. The lowest BCUT2D eigenvalue weighted by atomic mass is 9.83. The summed E-state index contributed by atoms with van der Waals surface area (Å²) in [5.41, 5.74) is 1.27. The van der Waals surface area contributed by atoms with Gasteiger partial charge in [-0.25, -0.2) is 0 Å². The van der Waals surface area contributed by atoms with Crippen LogP contribution in [-0.2, 0) is 11.3 Å². The van der Waals surface area contributed by atoms with Crippen LogP contribution in [-0.4, -0.2) is 52.2 Å². The molecule has 4 rings (SSSR count). The van der Waals surface area contributed by atoms with E-state index < -0.39 is 0 Å². The second-order valence-corrected chi connectivity index (χ2v) is 9.11. The predicted molar refractivity (Wildman–Crippen MR) is 119 cm³/mol. The van der Waals surface area contributed by atoms with Crippen LogP contribution in [0.15, 0.2) is 41.1 Å². The van der Waals surface area contributed by atoms with Crippen LogP contribution in [0.25, 0.3) is 0 Å². The highest BCUT2D eigenvalue weighted by Gasteiger charge is 2.32. The summed E-state index contributed by atoms with van der Waals surface area (Å²) in [6.07, 6.45) is 9.66. The van der Waals surface area contributed by atoms with E-state index in [1.807, 2.05) is 0 Å². The zero-order chi connectivity index (χ0) is 20.9. The minimum atomic E-state index is -0.169. The zero-order valence-electron chi connectivity index (χ0n) is 17.0. The van der Waals surface area contributed by atoms with Gasteiger partial charge in [0, 0.05) is 30.0 Å². The fourth-order valence-electron chi connectivity index (χ4n) is 4.62. The van der Waals surface area contributed by atoms with Crippen LogP contribution >= 0.6 is 15.9 Å². The Bertz CT molecular complexity index is 880. The highest BCUT2D eigenvalue weighted by Crippen LogP contribution is 2.30. The first-order chi connectivity index (χ1) is 14.6. The molecule has 0 aliphatic carbocycles. The maximum Gasteiger partial charge on any atom is 0.251 e. The first-order valence-electron chi connectivity index (χ1n) is 10.7. The minimum absolute atomic E-state index is 0.0535. The molecule has 2 N–H and O–H groups in total. The summed E-state index contributed by atoms with van der Waals surface area (Å²) < 4.78 is 2.38. The quantitative estimate of drug-likeness (QED) is 0.674. The second kappa shape index (κ2) is 9.75. The molecule has 2 aliphatic heterocycles. The molecule has 2 saturated heterocycles. The summed E-state index contributed by atoms with van der Waals surface area (Å²) in [6.45, 7) is 3.28. The molecule has 0 bridgehead atoms. The van der Waals surface area contributed by atoms with Gasteiger partial charge in [-0.3, -0.25) is 14.3 Å². The summed E-state index contributed by atoms with van der Waals surface area (Å²) in [5, 5.41) is 10.0. The van der Waals surface area contributed by atoms with Crippen LogP contribution in [0, 0.1) is 5.92 Å². The monoisotopic (exact) mass is 473 g/mol.